The van der Waals surface area contributed by atoms with Crippen LogP contribution in [0.15, 0.2) is 0 Å². The summed E-state index contributed by atoms with van der Waals surface area (Å²) < 4.78 is 9.58. The lowest BCUT2D eigenvalue weighted by Crippen LogP contribution is -2.32. The Hall–Kier alpha value is -1.74. The smallest absolute Gasteiger partial charge is 0.435 e. The molecule has 0 aromatic heterocycles. The Morgan fingerprint density at radius 3 is 2.84 bits per heavy atom. The van der Waals surface area contributed by atoms with Crippen LogP contribution < -0.4 is 0 Å². The Labute approximate surface area is 113 Å². The van der Waals surface area contributed by atoms with Gasteiger partial charge in [-0.25, -0.2) is 4.79 Å². The highest BCUT2D eigenvalue weighted by molar-refractivity contribution is 5.85. The van der Waals surface area contributed by atoms with Crippen molar-refractivity contribution in [3.05, 3.63) is 0 Å². The van der Waals surface area contributed by atoms with E-state index in [0.717, 1.165) is 0 Å². The molecular weight excluding hydrogens is 248 g/mol. The van der Waals surface area contributed by atoms with Gasteiger partial charge in [-0.3, -0.25) is 9.69 Å². The monoisotopic (exact) mass is 268 g/mol. The van der Waals surface area contributed by atoms with Crippen molar-refractivity contribution in [3.63, 3.8) is 0 Å². The molecule has 0 spiro atoms. The second-order valence-corrected chi connectivity index (χ2v) is 4.43. The Morgan fingerprint density at radius 2 is 2.21 bits per heavy atom. The van der Waals surface area contributed by atoms with Gasteiger partial charge in [0.05, 0.1) is 19.7 Å². The maximum absolute atomic E-state index is 11.9. The lowest BCUT2D eigenvalue weighted by Gasteiger charge is -2.13. The van der Waals surface area contributed by atoms with E-state index in [1.807, 2.05) is 19.0 Å². The fraction of sp³-hybridized carbons (Fsp3) is 0.692. The maximum atomic E-state index is 11.9. The summed E-state index contributed by atoms with van der Waals surface area (Å²) in [5.41, 5.74) is 0. The van der Waals surface area contributed by atoms with Gasteiger partial charge in [0.15, 0.2) is 6.10 Å². The molecule has 0 bridgehead atoms. The molecule has 19 heavy (non-hydrogen) atoms. The molecule has 0 aromatic rings. The molecule has 0 aliphatic carbocycles. The number of nitrogens with zero attached hydrogens (tertiary/aromatic N) is 2. The van der Waals surface area contributed by atoms with Crippen LogP contribution in [0.2, 0.25) is 0 Å². The minimum atomic E-state index is -0.790. The molecule has 0 radical (unpaired) electrons. The highest BCUT2D eigenvalue weighted by Gasteiger charge is 2.34. The van der Waals surface area contributed by atoms with Crippen molar-refractivity contribution in [2.45, 2.75) is 19.4 Å². The normalized spacial score (nSPS) is 18.2. The van der Waals surface area contributed by atoms with Crippen LogP contribution in [0, 0.1) is 11.8 Å². The van der Waals surface area contributed by atoms with Gasteiger partial charge in [0.25, 0.3) is 5.91 Å². The molecule has 6 nitrogen and oxygen atoms in total. The fourth-order valence-corrected chi connectivity index (χ4v) is 1.61. The van der Waals surface area contributed by atoms with Crippen molar-refractivity contribution in [3.8, 4) is 11.8 Å². The van der Waals surface area contributed by atoms with E-state index in [-0.39, 0.29) is 12.5 Å². The first-order chi connectivity index (χ1) is 9.04. The van der Waals surface area contributed by atoms with Gasteiger partial charge in [-0.05, 0) is 21.0 Å². The second kappa shape index (κ2) is 7.64. The van der Waals surface area contributed by atoms with E-state index >= 15 is 0 Å². The van der Waals surface area contributed by atoms with Crippen molar-refractivity contribution in [2.24, 2.45) is 0 Å². The zero-order chi connectivity index (χ0) is 14.3. The fourth-order valence-electron chi connectivity index (χ4n) is 1.61. The number of hydrogen-bond acceptors (Lipinski definition) is 5. The van der Waals surface area contributed by atoms with Gasteiger partial charge >= 0.3 is 6.16 Å². The molecule has 0 N–H and O–H groups in total. The van der Waals surface area contributed by atoms with E-state index in [2.05, 4.69) is 16.6 Å². The van der Waals surface area contributed by atoms with Crippen LogP contribution >= 0.6 is 0 Å². The Balaban J connectivity index is 2.38. The van der Waals surface area contributed by atoms with Crippen LogP contribution in [0.1, 0.15) is 13.3 Å². The topological polar surface area (TPSA) is 59.1 Å². The van der Waals surface area contributed by atoms with Gasteiger partial charge in [0.2, 0.25) is 0 Å². The molecule has 1 aliphatic heterocycles. The number of rotatable bonds is 4. The first-order valence-electron chi connectivity index (χ1n) is 6.27. The number of likely N-dealkylation sites (tertiary alicyclic amines) is 1. The number of carbonyl (C=O) groups excluding carboxylic acids is 2. The molecule has 1 aliphatic rings. The Bertz CT molecular complexity index is 384. The van der Waals surface area contributed by atoms with E-state index < -0.39 is 12.3 Å². The van der Waals surface area contributed by atoms with Gasteiger partial charge in [0, 0.05) is 13.0 Å². The van der Waals surface area contributed by atoms with Crippen LogP contribution in [0.4, 0.5) is 4.79 Å². The second-order valence-electron chi connectivity index (χ2n) is 4.43. The summed E-state index contributed by atoms with van der Waals surface area (Å²) in [7, 11) is 3.86. The molecule has 1 saturated heterocycles. The number of ether oxygens (including phenoxy) is 2. The third kappa shape index (κ3) is 5.18. The molecule has 1 atom stereocenters. The minimum absolute atomic E-state index is 0.202. The summed E-state index contributed by atoms with van der Waals surface area (Å²) in [6, 6.07) is 0. The molecule has 0 unspecified atom stereocenters. The predicted octanol–water partition coefficient (Wildman–Crippen LogP) is 0.325. The highest BCUT2D eigenvalue weighted by atomic mass is 16.7. The average Bonchev–Trinajstić information content (AvgIpc) is 2.67. The lowest BCUT2D eigenvalue weighted by molar-refractivity contribution is -0.135. The van der Waals surface area contributed by atoms with Crippen LogP contribution in [0.3, 0.4) is 0 Å². The molecule has 1 heterocycles. The van der Waals surface area contributed by atoms with Gasteiger partial charge < -0.3 is 14.4 Å². The lowest BCUT2D eigenvalue weighted by atomic mass is 10.3. The van der Waals surface area contributed by atoms with Gasteiger partial charge in [-0.15, -0.1) is 0 Å². The Morgan fingerprint density at radius 1 is 1.47 bits per heavy atom. The average molecular weight is 268 g/mol. The first kappa shape index (κ1) is 15.3. The van der Waals surface area contributed by atoms with Gasteiger partial charge in [0.1, 0.15) is 0 Å². The number of amides is 1. The molecule has 1 amide bonds. The van der Waals surface area contributed by atoms with Crippen LogP contribution in [0.5, 0.6) is 0 Å². The van der Waals surface area contributed by atoms with E-state index in [9.17, 15) is 9.59 Å². The molecule has 0 aromatic carbocycles. The SMILES string of the molecule is CCOC(=O)O[C@H]1CCN(CC#CCN(C)C)C1=O. The summed E-state index contributed by atoms with van der Waals surface area (Å²) >= 11 is 0. The third-order valence-electron chi connectivity index (χ3n) is 2.54. The maximum Gasteiger partial charge on any atom is 0.509 e. The predicted molar refractivity (Wildman–Crippen MR) is 69.4 cm³/mol. The van der Waals surface area contributed by atoms with Crippen molar-refractivity contribution in [1.29, 1.82) is 0 Å². The summed E-state index contributed by atoms with van der Waals surface area (Å²) in [5.74, 6) is 5.69. The third-order valence-corrected chi connectivity index (χ3v) is 2.54. The summed E-state index contributed by atoms with van der Waals surface area (Å²) in [6.45, 7) is 3.50. The largest absolute Gasteiger partial charge is 0.509 e. The quantitative estimate of drug-likeness (QED) is 0.543. The number of carbonyl (C=O) groups is 2. The molecule has 106 valence electrons. The van der Waals surface area contributed by atoms with Crippen molar-refractivity contribution in [1.82, 2.24) is 9.80 Å². The molecule has 0 saturated carbocycles. The van der Waals surface area contributed by atoms with Gasteiger partial charge in [-0.1, -0.05) is 11.8 Å². The van der Waals surface area contributed by atoms with Crippen molar-refractivity contribution >= 4 is 12.1 Å². The molecule has 1 rings (SSSR count). The summed E-state index contributed by atoms with van der Waals surface area (Å²) in [5, 5.41) is 0. The number of hydrogen-bond donors (Lipinski definition) is 0. The van der Waals surface area contributed by atoms with Crippen LogP contribution in [-0.2, 0) is 14.3 Å². The van der Waals surface area contributed by atoms with Crippen molar-refractivity contribution < 1.29 is 19.1 Å². The zero-order valence-corrected chi connectivity index (χ0v) is 11.6. The highest BCUT2D eigenvalue weighted by Crippen LogP contribution is 2.14. The van der Waals surface area contributed by atoms with Crippen molar-refractivity contribution in [2.75, 3.05) is 40.3 Å². The minimum Gasteiger partial charge on any atom is -0.435 e. The summed E-state index contributed by atoms with van der Waals surface area (Å²) in [4.78, 5) is 26.6. The Kier molecular flexibility index (Phi) is 6.16. The zero-order valence-electron chi connectivity index (χ0n) is 11.6. The van der Waals surface area contributed by atoms with Crippen LogP contribution in [0.25, 0.3) is 0 Å². The first-order valence-corrected chi connectivity index (χ1v) is 6.27. The van der Waals surface area contributed by atoms with E-state index in [0.29, 0.717) is 26.1 Å². The molecule has 1 fully saturated rings. The van der Waals surface area contributed by atoms with Crippen LogP contribution in [-0.4, -0.2) is 68.3 Å². The standard InChI is InChI=1S/C13H20N2O4/c1-4-18-13(17)19-11-7-10-15(12(11)16)9-6-5-8-14(2)3/h11H,4,7-10H2,1-3H3/t11-/m0/s1. The molecule has 6 heteroatoms. The molecular formula is C13H20N2O4. The van der Waals surface area contributed by atoms with E-state index in [1.54, 1.807) is 11.8 Å². The van der Waals surface area contributed by atoms with E-state index in [4.69, 9.17) is 4.74 Å². The summed E-state index contributed by atoms with van der Waals surface area (Å²) in [6.07, 6.45) is -1.02. The van der Waals surface area contributed by atoms with E-state index in [1.165, 1.54) is 0 Å². The van der Waals surface area contributed by atoms with Gasteiger partial charge in [-0.2, -0.15) is 0 Å².